The second kappa shape index (κ2) is 7.88. The van der Waals surface area contributed by atoms with Crippen molar-refractivity contribution in [1.29, 1.82) is 0 Å². The monoisotopic (exact) mass is 335 g/mol. The zero-order chi connectivity index (χ0) is 17.7. The van der Waals surface area contributed by atoms with Crippen LogP contribution in [0.4, 0.5) is 8.78 Å². The van der Waals surface area contributed by atoms with Gasteiger partial charge in [-0.15, -0.1) is 0 Å². The Morgan fingerprint density at radius 3 is 2.62 bits per heavy atom. The molecule has 0 aliphatic carbocycles. The van der Waals surface area contributed by atoms with E-state index in [2.05, 4.69) is 0 Å². The lowest BCUT2D eigenvalue weighted by atomic mass is 10.1. The maximum Gasteiger partial charge on any atom is 0.260 e. The number of hydrogen-bond donors (Lipinski definition) is 1. The Kier molecular flexibility index (Phi) is 5.87. The van der Waals surface area contributed by atoms with E-state index >= 15 is 0 Å². The topological polar surface area (TPSA) is 49.8 Å². The van der Waals surface area contributed by atoms with Gasteiger partial charge >= 0.3 is 0 Å². The fraction of sp³-hybridized carbons (Fsp3) is 0.278. The molecule has 6 heteroatoms. The SMILES string of the molecule is CC(c1ccc(F)c(F)c1)N(C)C(=O)COc1cccc(CO)c1. The zero-order valence-electron chi connectivity index (χ0n) is 13.5. The second-order valence-corrected chi connectivity index (χ2v) is 5.45. The number of ether oxygens (including phenoxy) is 1. The summed E-state index contributed by atoms with van der Waals surface area (Å²) >= 11 is 0. The fourth-order valence-corrected chi connectivity index (χ4v) is 2.19. The van der Waals surface area contributed by atoms with Gasteiger partial charge in [-0.2, -0.15) is 0 Å². The highest BCUT2D eigenvalue weighted by Gasteiger charge is 2.19. The van der Waals surface area contributed by atoms with Gasteiger partial charge in [-0.1, -0.05) is 18.2 Å². The maximum atomic E-state index is 13.3. The number of aliphatic hydroxyl groups is 1. The molecule has 4 nitrogen and oxygen atoms in total. The van der Waals surface area contributed by atoms with Crippen LogP contribution in [0.5, 0.6) is 5.75 Å². The summed E-state index contributed by atoms with van der Waals surface area (Å²) < 4.78 is 31.7. The maximum absolute atomic E-state index is 13.3. The van der Waals surface area contributed by atoms with Crippen LogP contribution in [0.15, 0.2) is 42.5 Å². The van der Waals surface area contributed by atoms with E-state index in [9.17, 15) is 13.6 Å². The molecule has 0 bridgehead atoms. The Hall–Kier alpha value is -2.47. The van der Waals surface area contributed by atoms with Crippen LogP contribution < -0.4 is 4.74 Å². The van der Waals surface area contributed by atoms with Gasteiger partial charge in [0.2, 0.25) is 0 Å². The van der Waals surface area contributed by atoms with Crippen molar-refractivity contribution in [3.8, 4) is 5.75 Å². The smallest absolute Gasteiger partial charge is 0.260 e. The van der Waals surface area contributed by atoms with Gasteiger partial charge < -0.3 is 14.7 Å². The molecule has 128 valence electrons. The molecule has 0 aliphatic heterocycles. The van der Waals surface area contributed by atoms with E-state index in [0.29, 0.717) is 16.9 Å². The molecule has 1 atom stereocenters. The molecule has 2 aromatic rings. The van der Waals surface area contributed by atoms with E-state index in [0.717, 1.165) is 12.1 Å². The van der Waals surface area contributed by atoms with Gasteiger partial charge in [0.1, 0.15) is 5.75 Å². The van der Waals surface area contributed by atoms with Crippen LogP contribution in [-0.4, -0.2) is 29.6 Å². The summed E-state index contributed by atoms with van der Waals surface area (Å²) in [5.41, 5.74) is 1.18. The Balaban J connectivity index is 1.99. The first-order chi connectivity index (χ1) is 11.4. The Morgan fingerprint density at radius 1 is 1.21 bits per heavy atom. The average Bonchev–Trinajstić information content (AvgIpc) is 2.60. The summed E-state index contributed by atoms with van der Waals surface area (Å²) in [6.45, 7) is 1.41. The van der Waals surface area contributed by atoms with Crippen molar-refractivity contribution in [1.82, 2.24) is 4.90 Å². The number of carbonyl (C=O) groups excluding carboxylic acids is 1. The minimum atomic E-state index is -0.947. The van der Waals surface area contributed by atoms with Crippen LogP contribution in [0.25, 0.3) is 0 Å². The first-order valence-corrected chi connectivity index (χ1v) is 7.45. The molecule has 1 unspecified atom stereocenters. The van der Waals surface area contributed by atoms with E-state index in [-0.39, 0.29) is 19.1 Å². The van der Waals surface area contributed by atoms with Crippen molar-refractivity contribution in [3.05, 3.63) is 65.2 Å². The normalized spacial score (nSPS) is 11.9. The summed E-state index contributed by atoms with van der Waals surface area (Å²) in [4.78, 5) is 13.6. The third kappa shape index (κ3) is 4.29. The van der Waals surface area contributed by atoms with Crippen LogP contribution in [0.2, 0.25) is 0 Å². The van der Waals surface area contributed by atoms with Gasteiger partial charge in [0, 0.05) is 7.05 Å². The number of hydrogen-bond acceptors (Lipinski definition) is 3. The number of amides is 1. The highest BCUT2D eigenvalue weighted by molar-refractivity contribution is 5.78. The first kappa shape index (κ1) is 17.9. The lowest BCUT2D eigenvalue weighted by Gasteiger charge is -2.25. The van der Waals surface area contributed by atoms with Crippen molar-refractivity contribution in [2.45, 2.75) is 19.6 Å². The molecule has 0 aliphatic rings. The molecular weight excluding hydrogens is 316 g/mol. The van der Waals surface area contributed by atoms with Crippen molar-refractivity contribution >= 4 is 5.91 Å². The molecule has 1 N–H and O–H groups in total. The molecule has 1 amide bonds. The fourth-order valence-electron chi connectivity index (χ4n) is 2.19. The Labute approximate surface area is 139 Å². The third-order valence-electron chi connectivity index (χ3n) is 3.84. The standard InChI is InChI=1S/C18H19F2NO3/c1-12(14-6-7-16(19)17(20)9-14)21(2)18(23)11-24-15-5-3-4-13(8-15)10-22/h3-9,12,22H,10-11H2,1-2H3. The van der Waals surface area contributed by atoms with E-state index in [1.54, 1.807) is 38.2 Å². The van der Waals surface area contributed by atoms with Crippen molar-refractivity contribution in [3.63, 3.8) is 0 Å². The van der Waals surface area contributed by atoms with Crippen LogP contribution in [0.1, 0.15) is 24.1 Å². The molecule has 24 heavy (non-hydrogen) atoms. The number of carbonyl (C=O) groups is 1. The van der Waals surface area contributed by atoms with Crippen molar-refractivity contribution < 1.29 is 23.4 Å². The van der Waals surface area contributed by atoms with Crippen LogP contribution >= 0.6 is 0 Å². The van der Waals surface area contributed by atoms with E-state index in [1.165, 1.54) is 11.0 Å². The van der Waals surface area contributed by atoms with E-state index in [1.807, 2.05) is 0 Å². The average molecular weight is 335 g/mol. The summed E-state index contributed by atoms with van der Waals surface area (Å²) in [6.07, 6.45) is 0. The van der Waals surface area contributed by atoms with Gasteiger partial charge in [-0.3, -0.25) is 4.79 Å². The molecule has 0 fully saturated rings. The quantitative estimate of drug-likeness (QED) is 0.883. The summed E-state index contributed by atoms with van der Waals surface area (Å²) in [5.74, 6) is -1.70. The summed E-state index contributed by atoms with van der Waals surface area (Å²) in [7, 11) is 1.57. The number of benzene rings is 2. The molecular formula is C18H19F2NO3. The number of aliphatic hydroxyl groups excluding tert-OH is 1. The predicted molar refractivity (Wildman–Crippen MR) is 85.4 cm³/mol. The lowest BCUT2D eigenvalue weighted by Crippen LogP contribution is -2.33. The van der Waals surface area contributed by atoms with Gasteiger partial charge in [0.05, 0.1) is 12.6 Å². The summed E-state index contributed by atoms with van der Waals surface area (Å²) in [6, 6.07) is 9.92. The molecule has 0 heterocycles. The summed E-state index contributed by atoms with van der Waals surface area (Å²) in [5, 5.41) is 9.08. The number of nitrogens with zero attached hydrogens (tertiary/aromatic N) is 1. The molecule has 0 spiro atoms. The molecule has 0 radical (unpaired) electrons. The highest BCUT2D eigenvalue weighted by atomic mass is 19.2. The lowest BCUT2D eigenvalue weighted by molar-refractivity contribution is -0.134. The molecule has 2 rings (SSSR count). The zero-order valence-corrected chi connectivity index (χ0v) is 13.5. The van der Waals surface area contributed by atoms with Gasteiger partial charge in [-0.25, -0.2) is 8.78 Å². The van der Waals surface area contributed by atoms with Crippen molar-refractivity contribution in [2.75, 3.05) is 13.7 Å². The van der Waals surface area contributed by atoms with Crippen LogP contribution in [0.3, 0.4) is 0 Å². The van der Waals surface area contributed by atoms with Crippen LogP contribution in [0, 0.1) is 11.6 Å². The van der Waals surface area contributed by atoms with E-state index < -0.39 is 17.7 Å². The Morgan fingerprint density at radius 2 is 1.96 bits per heavy atom. The Bertz CT molecular complexity index is 721. The second-order valence-electron chi connectivity index (χ2n) is 5.45. The highest BCUT2D eigenvalue weighted by Crippen LogP contribution is 2.21. The molecule has 2 aromatic carbocycles. The third-order valence-corrected chi connectivity index (χ3v) is 3.84. The molecule has 0 saturated heterocycles. The first-order valence-electron chi connectivity index (χ1n) is 7.45. The van der Waals surface area contributed by atoms with Gasteiger partial charge in [-0.05, 0) is 42.3 Å². The van der Waals surface area contributed by atoms with E-state index in [4.69, 9.17) is 9.84 Å². The van der Waals surface area contributed by atoms with Crippen molar-refractivity contribution in [2.24, 2.45) is 0 Å². The van der Waals surface area contributed by atoms with Gasteiger partial charge in [0.25, 0.3) is 5.91 Å². The minimum Gasteiger partial charge on any atom is -0.484 e. The molecule has 0 aromatic heterocycles. The van der Waals surface area contributed by atoms with Gasteiger partial charge in [0.15, 0.2) is 18.2 Å². The number of rotatable bonds is 6. The number of halogens is 2. The minimum absolute atomic E-state index is 0.113. The largest absolute Gasteiger partial charge is 0.484 e. The number of likely N-dealkylation sites (N-methyl/N-ethyl adjacent to an activating group) is 1. The molecule has 0 saturated carbocycles. The predicted octanol–water partition coefficient (Wildman–Crippen LogP) is 3.06. The van der Waals surface area contributed by atoms with Crippen LogP contribution in [-0.2, 0) is 11.4 Å².